The average Bonchev–Trinajstić information content (AvgIpc) is 3.27. The number of thiophene rings is 1. The molecular formula is C19H18N4O2S2. The summed E-state index contributed by atoms with van der Waals surface area (Å²) in [5.41, 5.74) is 3.06. The van der Waals surface area contributed by atoms with E-state index in [9.17, 15) is 8.42 Å². The van der Waals surface area contributed by atoms with E-state index >= 15 is 0 Å². The van der Waals surface area contributed by atoms with Gasteiger partial charge in [0.2, 0.25) is 5.78 Å². The minimum atomic E-state index is -3.61. The number of hydrogen-bond donors (Lipinski definition) is 1. The van der Waals surface area contributed by atoms with Crippen molar-refractivity contribution in [3.8, 4) is 11.3 Å². The van der Waals surface area contributed by atoms with E-state index in [1.807, 2.05) is 48.7 Å². The van der Waals surface area contributed by atoms with Gasteiger partial charge >= 0.3 is 0 Å². The second kappa shape index (κ2) is 6.79. The molecule has 0 amide bonds. The van der Waals surface area contributed by atoms with Gasteiger partial charge in [-0.15, -0.1) is 11.3 Å². The molecule has 0 aliphatic carbocycles. The lowest BCUT2D eigenvalue weighted by Gasteiger charge is -2.08. The van der Waals surface area contributed by atoms with Crippen LogP contribution in [0, 0.1) is 6.92 Å². The molecule has 4 rings (SSSR count). The summed E-state index contributed by atoms with van der Waals surface area (Å²) in [7, 11) is -3.61. The highest BCUT2D eigenvalue weighted by Crippen LogP contribution is 2.28. The Bertz CT molecular complexity index is 1230. The zero-order valence-corrected chi connectivity index (χ0v) is 16.5. The zero-order chi connectivity index (χ0) is 19.0. The van der Waals surface area contributed by atoms with Crippen molar-refractivity contribution in [3.05, 3.63) is 65.4 Å². The van der Waals surface area contributed by atoms with E-state index in [0.29, 0.717) is 15.7 Å². The number of rotatable bonds is 5. The van der Waals surface area contributed by atoms with Crippen molar-refractivity contribution < 1.29 is 8.42 Å². The Hall–Kier alpha value is -2.71. The topological polar surface area (TPSA) is 76.4 Å². The Kier molecular flexibility index (Phi) is 4.45. The predicted molar refractivity (Wildman–Crippen MR) is 108 cm³/mol. The smallest absolute Gasteiger partial charge is 0.271 e. The number of benzene rings is 1. The first-order chi connectivity index (χ1) is 13.0. The van der Waals surface area contributed by atoms with Crippen LogP contribution in [-0.4, -0.2) is 22.8 Å². The lowest BCUT2D eigenvalue weighted by atomic mass is 10.1. The fourth-order valence-corrected chi connectivity index (χ4v) is 5.25. The number of aryl methyl sites for hydroxylation is 2. The molecular weight excluding hydrogens is 380 g/mol. The summed E-state index contributed by atoms with van der Waals surface area (Å²) in [4.78, 5) is 9.87. The van der Waals surface area contributed by atoms with E-state index in [2.05, 4.69) is 14.7 Å². The Morgan fingerprint density at radius 2 is 2.04 bits per heavy atom. The van der Waals surface area contributed by atoms with Crippen LogP contribution in [0.15, 0.2) is 59.1 Å². The highest BCUT2D eigenvalue weighted by Gasteiger charge is 2.18. The van der Waals surface area contributed by atoms with Crippen molar-refractivity contribution in [2.45, 2.75) is 24.5 Å². The molecule has 3 heterocycles. The van der Waals surface area contributed by atoms with Crippen LogP contribution in [-0.2, 0) is 16.4 Å². The minimum absolute atomic E-state index is 0.317. The van der Waals surface area contributed by atoms with Crippen LogP contribution in [0.1, 0.15) is 17.5 Å². The number of anilines is 1. The summed E-state index contributed by atoms with van der Waals surface area (Å²) < 4.78 is 30.2. The third-order valence-corrected chi connectivity index (χ3v) is 7.38. The summed E-state index contributed by atoms with van der Waals surface area (Å²) in [6.07, 6.45) is 4.42. The molecule has 0 unspecified atom stereocenters. The molecule has 0 spiro atoms. The van der Waals surface area contributed by atoms with Crippen LogP contribution < -0.4 is 4.72 Å². The van der Waals surface area contributed by atoms with Gasteiger partial charge < -0.3 is 0 Å². The second-order valence-corrected chi connectivity index (χ2v) is 9.17. The Labute approximate surface area is 161 Å². The second-order valence-electron chi connectivity index (χ2n) is 6.10. The molecule has 8 heteroatoms. The van der Waals surface area contributed by atoms with Crippen LogP contribution in [0.3, 0.4) is 0 Å². The van der Waals surface area contributed by atoms with Crippen molar-refractivity contribution in [2.75, 3.05) is 4.72 Å². The standard InChI is InChI=1S/C19H18N4O2S2/c1-3-16-8-9-17(26-16)27(24,25)22-15-7-4-6-14(12-15)18-13(2)23-11-5-10-20-19(23)21-18/h4-12,22H,3H2,1-2H3. The molecule has 0 bridgehead atoms. The molecule has 0 aliphatic heterocycles. The maximum Gasteiger partial charge on any atom is 0.271 e. The number of imidazole rings is 1. The average molecular weight is 399 g/mol. The van der Waals surface area contributed by atoms with Crippen molar-refractivity contribution in [1.29, 1.82) is 0 Å². The normalized spacial score (nSPS) is 11.8. The van der Waals surface area contributed by atoms with E-state index in [4.69, 9.17) is 0 Å². The van der Waals surface area contributed by atoms with E-state index in [0.717, 1.165) is 28.2 Å². The van der Waals surface area contributed by atoms with E-state index in [1.54, 1.807) is 24.4 Å². The molecule has 138 valence electrons. The number of nitrogens with one attached hydrogen (secondary N) is 1. The molecule has 0 saturated carbocycles. The first kappa shape index (κ1) is 17.7. The first-order valence-corrected chi connectivity index (χ1v) is 10.8. The van der Waals surface area contributed by atoms with Crippen LogP contribution in [0.2, 0.25) is 0 Å². The summed E-state index contributed by atoms with van der Waals surface area (Å²) >= 11 is 1.29. The molecule has 0 atom stereocenters. The molecule has 6 nitrogen and oxygen atoms in total. The monoisotopic (exact) mass is 398 g/mol. The highest BCUT2D eigenvalue weighted by atomic mass is 32.2. The largest absolute Gasteiger partial charge is 0.288 e. The third kappa shape index (κ3) is 3.33. The van der Waals surface area contributed by atoms with Gasteiger partial charge in [-0.05, 0) is 43.7 Å². The van der Waals surface area contributed by atoms with Gasteiger partial charge in [-0.1, -0.05) is 19.1 Å². The van der Waals surface area contributed by atoms with Crippen LogP contribution >= 0.6 is 11.3 Å². The van der Waals surface area contributed by atoms with E-state index in [-0.39, 0.29) is 0 Å². The zero-order valence-electron chi connectivity index (χ0n) is 14.9. The molecule has 3 aromatic heterocycles. The summed E-state index contributed by atoms with van der Waals surface area (Å²) in [5.74, 6) is 0.613. The molecule has 4 aromatic rings. The van der Waals surface area contributed by atoms with Gasteiger partial charge in [0.15, 0.2) is 0 Å². The van der Waals surface area contributed by atoms with Crippen LogP contribution in [0.5, 0.6) is 0 Å². The maximum atomic E-state index is 12.7. The number of nitrogens with zero attached hydrogens (tertiary/aromatic N) is 3. The summed E-state index contributed by atoms with van der Waals surface area (Å²) in [6, 6.07) is 12.6. The van der Waals surface area contributed by atoms with Crippen LogP contribution in [0.4, 0.5) is 5.69 Å². The Morgan fingerprint density at radius 1 is 1.19 bits per heavy atom. The Morgan fingerprint density at radius 3 is 2.78 bits per heavy atom. The van der Waals surface area contributed by atoms with Gasteiger partial charge in [-0.25, -0.2) is 18.4 Å². The Balaban J connectivity index is 1.69. The van der Waals surface area contributed by atoms with Crippen molar-refractivity contribution in [1.82, 2.24) is 14.4 Å². The molecule has 0 saturated heterocycles. The van der Waals surface area contributed by atoms with E-state index < -0.39 is 10.0 Å². The summed E-state index contributed by atoms with van der Waals surface area (Å²) in [5, 5.41) is 0. The maximum absolute atomic E-state index is 12.7. The predicted octanol–water partition coefficient (Wildman–Crippen LogP) is 4.13. The molecule has 0 fully saturated rings. The van der Waals surface area contributed by atoms with E-state index in [1.165, 1.54) is 11.3 Å². The SMILES string of the molecule is CCc1ccc(S(=O)(=O)Nc2cccc(-c3nc4ncccn4c3C)c2)s1. The molecule has 1 aromatic carbocycles. The molecule has 1 N–H and O–H groups in total. The summed E-state index contributed by atoms with van der Waals surface area (Å²) in [6.45, 7) is 3.97. The fraction of sp³-hybridized carbons (Fsp3) is 0.158. The van der Waals surface area contributed by atoms with Crippen LogP contribution in [0.25, 0.3) is 17.0 Å². The third-order valence-electron chi connectivity index (χ3n) is 4.28. The van der Waals surface area contributed by atoms with Gasteiger partial charge in [-0.2, -0.15) is 0 Å². The van der Waals surface area contributed by atoms with Crippen molar-refractivity contribution in [2.24, 2.45) is 0 Å². The van der Waals surface area contributed by atoms with Crippen molar-refractivity contribution in [3.63, 3.8) is 0 Å². The number of hydrogen-bond acceptors (Lipinski definition) is 5. The van der Waals surface area contributed by atoms with Gasteiger partial charge in [0, 0.05) is 34.2 Å². The first-order valence-electron chi connectivity index (χ1n) is 8.49. The lowest BCUT2D eigenvalue weighted by molar-refractivity contribution is 0.603. The number of fused-ring (bicyclic) bond motifs is 1. The molecule has 0 aliphatic rings. The van der Waals surface area contributed by atoms with Gasteiger partial charge in [0.25, 0.3) is 10.0 Å². The molecule has 0 radical (unpaired) electrons. The van der Waals surface area contributed by atoms with Gasteiger partial charge in [-0.3, -0.25) is 9.12 Å². The number of aromatic nitrogens is 3. The van der Waals surface area contributed by atoms with Gasteiger partial charge in [0.05, 0.1) is 5.69 Å². The van der Waals surface area contributed by atoms with Gasteiger partial charge in [0.1, 0.15) is 4.21 Å². The number of sulfonamides is 1. The fourth-order valence-electron chi connectivity index (χ4n) is 2.90. The molecule has 27 heavy (non-hydrogen) atoms. The lowest BCUT2D eigenvalue weighted by Crippen LogP contribution is -2.11. The highest BCUT2D eigenvalue weighted by molar-refractivity contribution is 7.94. The quantitative estimate of drug-likeness (QED) is 0.548. The minimum Gasteiger partial charge on any atom is -0.288 e. The van der Waals surface area contributed by atoms with Crippen molar-refractivity contribution >= 4 is 32.8 Å².